The molecule has 0 bridgehead atoms. The van der Waals surface area contributed by atoms with E-state index in [1.807, 2.05) is 6.07 Å². The number of benzene rings is 2. The van der Waals surface area contributed by atoms with Crippen molar-refractivity contribution in [3.05, 3.63) is 48.0 Å². The largest absolute Gasteiger partial charge is 0.435 e. The van der Waals surface area contributed by atoms with Crippen molar-refractivity contribution in [2.45, 2.75) is 67.7 Å². The summed E-state index contributed by atoms with van der Waals surface area (Å²) < 4.78 is 65.6. The van der Waals surface area contributed by atoms with Crippen molar-refractivity contribution in [2.24, 2.45) is 5.92 Å². The summed E-state index contributed by atoms with van der Waals surface area (Å²) in [6.07, 6.45) is 3.98. The molecule has 5 rings (SSSR count). The highest BCUT2D eigenvalue weighted by atomic mass is 32.2. The molecular weight excluding hydrogens is 520 g/mol. The van der Waals surface area contributed by atoms with Crippen molar-refractivity contribution in [1.82, 2.24) is 13.9 Å². The number of aromatic nitrogens is 2. The average molecular weight is 552 g/mol. The third kappa shape index (κ3) is 6.10. The lowest BCUT2D eigenvalue weighted by atomic mass is 10.0. The van der Waals surface area contributed by atoms with Crippen LogP contribution in [0, 0.1) is 5.92 Å². The van der Waals surface area contributed by atoms with Crippen LogP contribution in [0.1, 0.15) is 38.2 Å². The molecule has 3 aromatic rings. The van der Waals surface area contributed by atoms with Gasteiger partial charge < -0.3 is 14.0 Å². The predicted octanol–water partition coefficient (Wildman–Crippen LogP) is 5.53. The number of fused-ring (bicyclic) bond motifs is 1. The highest BCUT2D eigenvalue weighted by Gasteiger charge is 2.29. The van der Waals surface area contributed by atoms with Crippen LogP contribution in [0.25, 0.3) is 11.0 Å². The van der Waals surface area contributed by atoms with Gasteiger partial charge in [-0.15, -0.1) is 0 Å². The van der Waals surface area contributed by atoms with Crippen LogP contribution in [0.15, 0.2) is 52.5 Å². The first-order valence-corrected chi connectivity index (χ1v) is 15.0. The second kappa shape index (κ2) is 11.3. The number of nitrogens with zero attached hydrogens (tertiary/aromatic N) is 3. The molecule has 2 aliphatic heterocycles. The molecule has 2 fully saturated rings. The van der Waals surface area contributed by atoms with Gasteiger partial charge in [-0.3, -0.25) is 0 Å². The molecule has 3 heterocycles. The summed E-state index contributed by atoms with van der Waals surface area (Å²) in [7, 11) is -3.59. The van der Waals surface area contributed by atoms with Crippen molar-refractivity contribution in [3.63, 3.8) is 0 Å². The lowest BCUT2D eigenvalue weighted by Crippen LogP contribution is -2.39. The molecule has 200 valence electrons. The Morgan fingerprint density at radius 2 is 1.97 bits per heavy atom. The van der Waals surface area contributed by atoms with E-state index in [1.165, 1.54) is 23.9 Å². The van der Waals surface area contributed by atoms with Crippen LogP contribution in [0.5, 0.6) is 5.75 Å². The molecule has 0 radical (unpaired) electrons. The quantitative estimate of drug-likeness (QED) is 0.326. The Bertz CT molecular complexity index is 1330. The molecule has 0 spiro atoms. The van der Waals surface area contributed by atoms with E-state index in [0.717, 1.165) is 48.5 Å². The van der Waals surface area contributed by atoms with Crippen molar-refractivity contribution in [3.8, 4) is 5.75 Å². The standard InChI is InChI=1S/C26H31F2N3O4S2/c1-18-4-2-12-30(15-18)37(32,33)22-10-11-24-23(14-22)29-26(31(24)16-21-5-3-13-34-21)36-17-19-6-8-20(9-7-19)35-25(27)28/h6-11,14,18,21,25H,2-5,12-13,15-17H2,1H3/t18-,21+/m0/s1. The van der Waals surface area contributed by atoms with Gasteiger partial charge in [0.15, 0.2) is 5.16 Å². The van der Waals surface area contributed by atoms with E-state index in [9.17, 15) is 17.2 Å². The molecule has 7 nitrogen and oxygen atoms in total. The van der Waals surface area contributed by atoms with Crippen LogP contribution in [-0.4, -0.2) is 54.7 Å². The molecule has 0 N–H and O–H groups in total. The van der Waals surface area contributed by atoms with Crippen molar-refractivity contribution >= 4 is 32.8 Å². The fourth-order valence-electron chi connectivity index (χ4n) is 4.96. The molecule has 2 aliphatic rings. The van der Waals surface area contributed by atoms with E-state index in [1.54, 1.807) is 28.6 Å². The Balaban J connectivity index is 1.41. The third-order valence-corrected chi connectivity index (χ3v) is 9.78. The zero-order chi connectivity index (χ0) is 26.0. The van der Waals surface area contributed by atoms with Crippen LogP contribution >= 0.6 is 11.8 Å². The van der Waals surface area contributed by atoms with Crippen molar-refractivity contribution in [2.75, 3.05) is 19.7 Å². The second-order valence-electron chi connectivity index (χ2n) is 9.71. The minimum Gasteiger partial charge on any atom is -0.435 e. The van der Waals surface area contributed by atoms with Gasteiger partial charge in [0.25, 0.3) is 0 Å². The minimum absolute atomic E-state index is 0.0841. The van der Waals surface area contributed by atoms with Gasteiger partial charge in [0.1, 0.15) is 5.75 Å². The molecule has 1 aromatic heterocycles. The maximum atomic E-state index is 13.4. The number of hydrogen-bond acceptors (Lipinski definition) is 6. The smallest absolute Gasteiger partial charge is 0.387 e. The second-order valence-corrected chi connectivity index (χ2v) is 12.6. The van der Waals surface area contributed by atoms with Gasteiger partial charge in [0, 0.05) is 25.4 Å². The molecule has 11 heteroatoms. The van der Waals surface area contributed by atoms with Gasteiger partial charge in [-0.2, -0.15) is 13.1 Å². The lowest BCUT2D eigenvalue weighted by molar-refractivity contribution is -0.0498. The molecule has 2 saturated heterocycles. The molecule has 0 amide bonds. The molecule has 2 atom stereocenters. The van der Waals surface area contributed by atoms with Crippen LogP contribution in [-0.2, 0) is 27.1 Å². The summed E-state index contributed by atoms with van der Waals surface area (Å²) in [5.74, 6) is 1.03. The summed E-state index contributed by atoms with van der Waals surface area (Å²) in [5.41, 5.74) is 2.43. The number of sulfonamides is 1. The van der Waals surface area contributed by atoms with Gasteiger partial charge >= 0.3 is 6.61 Å². The number of halogens is 2. The van der Waals surface area contributed by atoms with Crippen LogP contribution in [0.2, 0.25) is 0 Å². The topological polar surface area (TPSA) is 73.7 Å². The van der Waals surface area contributed by atoms with Gasteiger partial charge in [-0.1, -0.05) is 30.8 Å². The SMILES string of the molecule is C[C@H]1CCCN(S(=O)(=O)c2ccc3c(c2)nc(SCc2ccc(OC(F)F)cc2)n3C[C@H]2CCCO2)C1. The van der Waals surface area contributed by atoms with E-state index in [4.69, 9.17) is 9.72 Å². The van der Waals surface area contributed by atoms with E-state index in [0.29, 0.717) is 36.8 Å². The number of piperidine rings is 1. The monoisotopic (exact) mass is 551 g/mol. The normalized spacial score (nSPS) is 21.2. The number of alkyl halides is 2. The molecule has 2 aromatic carbocycles. The first-order chi connectivity index (χ1) is 17.8. The van der Waals surface area contributed by atoms with E-state index in [2.05, 4.69) is 16.2 Å². The number of imidazole rings is 1. The first-order valence-electron chi connectivity index (χ1n) is 12.6. The molecule has 0 saturated carbocycles. The maximum absolute atomic E-state index is 13.4. The minimum atomic E-state index is -3.59. The number of rotatable bonds is 9. The van der Waals surface area contributed by atoms with Crippen molar-refractivity contribution in [1.29, 1.82) is 0 Å². The van der Waals surface area contributed by atoms with Gasteiger partial charge in [0.05, 0.1) is 28.6 Å². The number of thioether (sulfide) groups is 1. The first kappa shape index (κ1) is 26.4. The molecule has 0 aliphatic carbocycles. The van der Waals surface area contributed by atoms with Crippen LogP contribution < -0.4 is 4.74 Å². The zero-order valence-electron chi connectivity index (χ0n) is 20.7. The molecule has 37 heavy (non-hydrogen) atoms. The fourth-order valence-corrected chi connectivity index (χ4v) is 7.55. The zero-order valence-corrected chi connectivity index (χ0v) is 22.3. The predicted molar refractivity (Wildman–Crippen MR) is 138 cm³/mol. The molecular formula is C26H31F2N3O4S2. The van der Waals surface area contributed by atoms with Crippen LogP contribution in [0.4, 0.5) is 8.78 Å². The third-order valence-electron chi connectivity index (χ3n) is 6.87. The lowest BCUT2D eigenvalue weighted by Gasteiger charge is -2.30. The highest BCUT2D eigenvalue weighted by molar-refractivity contribution is 7.98. The van der Waals surface area contributed by atoms with E-state index < -0.39 is 16.6 Å². The summed E-state index contributed by atoms with van der Waals surface area (Å²) >= 11 is 1.52. The fraction of sp³-hybridized carbons (Fsp3) is 0.500. The van der Waals surface area contributed by atoms with Crippen LogP contribution in [0.3, 0.4) is 0 Å². The Morgan fingerprint density at radius 3 is 2.68 bits per heavy atom. The van der Waals surface area contributed by atoms with Gasteiger partial charge in [-0.05, 0) is 67.5 Å². The molecule has 0 unspecified atom stereocenters. The Labute approximate surface area is 220 Å². The number of ether oxygens (including phenoxy) is 2. The van der Waals surface area contributed by atoms with Crippen molar-refractivity contribution < 1.29 is 26.7 Å². The maximum Gasteiger partial charge on any atom is 0.387 e. The summed E-state index contributed by atoms with van der Waals surface area (Å²) in [6.45, 7) is 1.68. The Morgan fingerprint density at radius 1 is 1.16 bits per heavy atom. The number of hydrogen-bond donors (Lipinski definition) is 0. The summed E-state index contributed by atoms with van der Waals surface area (Å²) in [6, 6.07) is 11.8. The average Bonchev–Trinajstić information content (AvgIpc) is 3.51. The van der Waals surface area contributed by atoms with Gasteiger partial charge in [0.2, 0.25) is 10.0 Å². The highest BCUT2D eigenvalue weighted by Crippen LogP contribution is 2.32. The summed E-state index contributed by atoms with van der Waals surface area (Å²) in [5, 5.41) is 0.763. The summed E-state index contributed by atoms with van der Waals surface area (Å²) in [4.78, 5) is 5.09. The van der Waals surface area contributed by atoms with Gasteiger partial charge in [-0.25, -0.2) is 13.4 Å². The Hall–Kier alpha value is -2.21. The van der Waals surface area contributed by atoms with E-state index in [-0.39, 0.29) is 16.7 Å². The van der Waals surface area contributed by atoms with E-state index >= 15 is 0 Å². The Kier molecular flexibility index (Phi) is 8.04.